The minimum atomic E-state index is -2.94. The van der Waals surface area contributed by atoms with Crippen LogP contribution in [0, 0.1) is 5.92 Å². The molecule has 18 heavy (non-hydrogen) atoms. The molecule has 0 bridgehead atoms. The lowest BCUT2D eigenvalue weighted by atomic mass is 9.95. The van der Waals surface area contributed by atoms with Crippen molar-refractivity contribution in [2.75, 3.05) is 30.5 Å². The summed E-state index contributed by atoms with van der Waals surface area (Å²) in [5.74, 6) is 0.133. The molecule has 1 aliphatic heterocycles. The first-order valence-electron chi connectivity index (χ1n) is 6.05. The van der Waals surface area contributed by atoms with Crippen LogP contribution in [0.1, 0.15) is 18.1 Å². The first-order chi connectivity index (χ1) is 8.39. The van der Waals surface area contributed by atoms with E-state index in [-0.39, 0.29) is 17.4 Å². The molecule has 5 heteroatoms. The summed E-state index contributed by atoms with van der Waals surface area (Å²) in [6, 6.07) is 7.60. The molecule has 0 spiro atoms. The van der Waals surface area contributed by atoms with E-state index >= 15 is 0 Å². The van der Waals surface area contributed by atoms with Gasteiger partial charge >= 0.3 is 0 Å². The fourth-order valence-corrected chi connectivity index (χ4v) is 4.14. The van der Waals surface area contributed by atoms with Crippen LogP contribution in [0.4, 0.5) is 5.69 Å². The summed E-state index contributed by atoms with van der Waals surface area (Å²) in [4.78, 5) is 1.98. The summed E-state index contributed by atoms with van der Waals surface area (Å²) in [6.45, 7) is 0. The van der Waals surface area contributed by atoms with Crippen molar-refractivity contribution in [3.05, 3.63) is 29.8 Å². The Morgan fingerprint density at radius 1 is 1.28 bits per heavy atom. The van der Waals surface area contributed by atoms with Crippen molar-refractivity contribution in [2.24, 2.45) is 5.92 Å². The minimum Gasteiger partial charge on any atom is -0.388 e. The Hall–Kier alpha value is -1.07. The van der Waals surface area contributed by atoms with Gasteiger partial charge < -0.3 is 10.0 Å². The quantitative estimate of drug-likeness (QED) is 0.896. The second-order valence-corrected chi connectivity index (χ2v) is 7.32. The number of sulfone groups is 1. The molecule has 0 saturated carbocycles. The van der Waals surface area contributed by atoms with Crippen LogP contribution in [0.2, 0.25) is 0 Å². The van der Waals surface area contributed by atoms with E-state index in [1.165, 1.54) is 0 Å². The lowest BCUT2D eigenvalue weighted by Crippen LogP contribution is -2.14. The van der Waals surface area contributed by atoms with Gasteiger partial charge in [-0.25, -0.2) is 8.42 Å². The van der Waals surface area contributed by atoms with Crippen LogP contribution in [0.3, 0.4) is 0 Å². The molecule has 1 aromatic rings. The molecule has 1 saturated heterocycles. The van der Waals surface area contributed by atoms with Gasteiger partial charge in [0.15, 0.2) is 9.84 Å². The highest BCUT2D eigenvalue weighted by Crippen LogP contribution is 2.31. The summed E-state index contributed by atoms with van der Waals surface area (Å²) in [5, 5.41) is 10.2. The third kappa shape index (κ3) is 2.84. The average Bonchev–Trinajstić information content (AvgIpc) is 2.69. The average molecular weight is 269 g/mol. The van der Waals surface area contributed by atoms with Gasteiger partial charge in [0, 0.05) is 25.7 Å². The van der Waals surface area contributed by atoms with E-state index in [1.54, 1.807) is 0 Å². The minimum absolute atomic E-state index is 0.101. The lowest BCUT2D eigenvalue weighted by Gasteiger charge is -2.18. The van der Waals surface area contributed by atoms with Crippen molar-refractivity contribution in [2.45, 2.75) is 12.5 Å². The normalized spacial score (nSPS) is 23.8. The molecule has 1 heterocycles. The fraction of sp³-hybridized carbons (Fsp3) is 0.538. The summed E-state index contributed by atoms with van der Waals surface area (Å²) < 4.78 is 22.8. The van der Waals surface area contributed by atoms with Crippen LogP contribution < -0.4 is 4.90 Å². The number of aliphatic hydroxyl groups excluding tert-OH is 1. The standard InChI is InChI=1S/C13H19NO3S/c1-14(2)12-5-3-10(4-6-12)13(15)11-7-8-18(16,17)9-11/h3-6,11,13,15H,7-9H2,1-2H3. The molecule has 4 nitrogen and oxygen atoms in total. The highest BCUT2D eigenvalue weighted by Gasteiger charge is 2.33. The zero-order valence-electron chi connectivity index (χ0n) is 10.7. The largest absolute Gasteiger partial charge is 0.388 e. The molecule has 1 N–H and O–H groups in total. The molecule has 1 fully saturated rings. The second-order valence-electron chi connectivity index (χ2n) is 5.09. The smallest absolute Gasteiger partial charge is 0.150 e. The summed E-state index contributed by atoms with van der Waals surface area (Å²) in [7, 11) is 0.968. The Balaban J connectivity index is 2.12. The summed E-state index contributed by atoms with van der Waals surface area (Å²) >= 11 is 0. The van der Waals surface area contributed by atoms with Crippen LogP contribution in [0.15, 0.2) is 24.3 Å². The van der Waals surface area contributed by atoms with Crippen molar-refractivity contribution < 1.29 is 13.5 Å². The molecule has 1 aromatic carbocycles. The highest BCUT2D eigenvalue weighted by atomic mass is 32.2. The van der Waals surface area contributed by atoms with E-state index in [9.17, 15) is 13.5 Å². The van der Waals surface area contributed by atoms with Gasteiger partial charge in [0.25, 0.3) is 0 Å². The fourth-order valence-electron chi connectivity index (χ4n) is 2.31. The third-order valence-electron chi connectivity index (χ3n) is 3.47. The van der Waals surface area contributed by atoms with Crippen molar-refractivity contribution in [1.82, 2.24) is 0 Å². The molecular weight excluding hydrogens is 250 g/mol. The third-order valence-corrected chi connectivity index (χ3v) is 5.26. The molecular formula is C13H19NO3S. The molecule has 100 valence electrons. The van der Waals surface area contributed by atoms with Crippen LogP contribution in [0.5, 0.6) is 0 Å². The van der Waals surface area contributed by atoms with Crippen LogP contribution in [-0.2, 0) is 9.84 Å². The van der Waals surface area contributed by atoms with E-state index < -0.39 is 15.9 Å². The number of benzene rings is 1. The monoisotopic (exact) mass is 269 g/mol. The van der Waals surface area contributed by atoms with Crippen LogP contribution >= 0.6 is 0 Å². The number of anilines is 1. The van der Waals surface area contributed by atoms with Crippen LogP contribution in [-0.4, -0.2) is 39.1 Å². The number of aliphatic hydroxyl groups is 1. The van der Waals surface area contributed by atoms with Gasteiger partial charge in [-0.1, -0.05) is 12.1 Å². The maximum Gasteiger partial charge on any atom is 0.150 e. The number of rotatable bonds is 3. The molecule has 0 aliphatic carbocycles. The highest BCUT2D eigenvalue weighted by molar-refractivity contribution is 7.91. The predicted molar refractivity (Wildman–Crippen MR) is 72.5 cm³/mol. The second kappa shape index (κ2) is 4.90. The van der Waals surface area contributed by atoms with Crippen molar-refractivity contribution in [3.8, 4) is 0 Å². The SMILES string of the molecule is CN(C)c1ccc(C(O)C2CCS(=O)(=O)C2)cc1. The van der Waals surface area contributed by atoms with E-state index in [1.807, 2.05) is 43.3 Å². The molecule has 0 aromatic heterocycles. The summed E-state index contributed by atoms with van der Waals surface area (Å²) in [6.07, 6.45) is -0.127. The number of hydrogen-bond donors (Lipinski definition) is 1. The molecule has 2 atom stereocenters. The first kappa shape index (κ1) is 13.4. The Labute approximate surface area is 108 Å². The van der Waals surface area contributed by atoms with Crippen LogP contribution in [0.25, 0.3) is 0 Å². The maximum atomic E-state index is 11.4. The van der Waals surface area contributed by atoms with Gasteiger partial charge in [-0.2, -0.15) is 0 Å². The number of nitrogens with zero attached hydrogens (tertiary/aromatic N) is 1. The Morgan fingerprint density at radius 3 is 2.33 bits per heavy atom. The van der Waals surface area contributed by atoms with E-state index in [0.717, 1.165) is 11.3 Å². The van der Waals surface area contributed by atoms with Gasteiger partial charge in [-0.15, -0.1) is 0 Å². The molecule has 2 unspecified atom stereocenters. The lowest BCUT2D eigenvalue weighted by molar-refractivity contribution is 0.121. The first-order valence-corrected chi connectivity index (χ1v) is 7.87. The van der Waals surface area contributed by atoms with Gasteiger partial charge in [-0.3, -0.25) is 0 Å². The van der Waals surface area contributed by atoms with Crippen molar-refractivity contribution in [1.29, 1.82) is 0 Å². The van der Waals surface area contributed by atoms with Gasteiger partial charge in [0.2, 0.25) is 0 Å². The Morgan fingerprint density at radius 2 is 1.89 bits per heavy atom. The Bertz CT molecular complexity index is 508. The van der Waals surface area contributed by atoms with E-state index in [0.29, 0.717) is 6.42 Å². The Kier molecular flexibility index (Phi) is 3.64. The zero-order valence-corrected chi connectivity index (χ0v) is 11.5. The predicted octanol–water partition coefficient (Wildman–Crippen LogP) is 1.22. The van der Waals surface area contributed by atoms with Gasteiger partial charge in [-0.05, 0) is 24.1 Å². The molecule has 2 rings (SSSR count). The van der Waals surface area contributed by atoms with Crippen molar-refractivity contribution in [3.63, 3.8) is 0 Å². The maximum absolute atomic E-state index is 11.4. The molecule has 0 amide bonds. The van der Waals surface area contributed by atoms with E-state index in [4.69, 9.17) is 0 Å². The topological polar surface area (TPSA) is 57.6 Å². The zero-order chi connectivity index (χ0) is 13.3. The van der Waals surface area contributed by atoms with Crippen molar-refractivity contribution >= 4 is 15.5 Å². The van der Waals surface area contributed by atoms with E-state index in [2.05, 4.69) is 0 Å². The summed E-state index contributed by atoms with van der Waals surface area (Å²) in [5.41, 5.74) is 1.85. The molecule has 0 radical (unpaired) electrons. The van der Waals surface area contributed by atoms with Gasteiger partial charge in [0.1, 0.15) is 0 Å². The molecule has 1 aliphatic rings. The van der Waals surface area contributed by atoms with Gasteiger partial charge in [0.05, 0.1) is 17.6 Å². The number of hydrogen-bond acceptors (Lipinski definition) is 4.